The number of hydrogen-bond acceptors (Lipinski definition) is 7. The molecule has 0 radical (unpaired) electrons. The second-order valence-electron chi connectivity index (χ2n) is 8.64. The molecule has 3 aromatic heterocycles. The minimum Gasteiger partial charge on any atom is -0.451 e. The summed E-state index contributed by atoms with van der Waals surface area (Å²) in [5, 5.41) is 6.18. The molecule has 33 heavy (non-hydrogen) atoms. The number of benzene rings is 1. The van der Waals surface area contributed by atoms with Gasteiger partial charge in [0.25, 0.3) is 5.91 Å². The Morgan fingerprint density at radius 3 is 2.64 bits per heavy atom. The molecule has 1 fully saturated rings. The molecule has 1 amide bonds. The summed E-state index contributed by atoms with van der Waals surface area (Å²) in [5.41, 5.74) is 2.33. The van der Waals surface area contributed by atoms with E-state index in [2.05, 4.69) is 20.0 Å². The van der Waals surface area contributed by atoms with Gasteiger partial charge in [-0.15, -0.1) is 0 Å². The number of hydrogen-bond donors (Lipinski definition) is 0. The maximum Gasteiger partial charge on any atom is 0.290 e. The third kappa shape index (κ3) is 3.93. The number of para-hydroxylation sites is 1. The van der Waals surface area contributed by atoms with Crippen molar-refractivity contribution in [3.8, 4) is 0 Å². The van der Waals surface area contributed by atoms with Gasteiger partial charge in [-0.2, -0.15) is 5.10 Å². The predicted octanol–water partition coefficient (Wildman–Crippen LogP) is 3.31. The van der Waals surface area contributed by atoms with E-state index in [9.17, 15) is 4.79 Å². The van der Waals surface area contributed by atoms with E-state index in [1.165, 1.54) is 0 Å². The minimum atomic E-state index is -0.0985. The van der Waals surface area contributed by atoms with Gasteiger partial charge in [-0.1, -0.05) is 18.2 Å². The Morgan fingerprint density at radius 2 is 1.88 bits per heavy atom. The molecule has 0 spiro atoms. The first-order valence-corrected chi connectivity index (χ1v) is 11.2. The molecule has 1 aliphatic rings. The lowest BCUT2D eigenvalue weighted by Gasteiger charge is -2.35. The summed E-state index contributed by atoms with van der Waals surface area (Å²) >= 11 is 0. The van der Waals surface area contributed by atoms with Crippen LogP contribution in [-0.2, 0) is 18.4 Å². The van der Waals surface area contributed by atoms with Gasteiger partial charge in [-0.25, -0.2) is 9.97 Å². The van der Waals surface area contributed by atoms with Crippen LogP contribution in [0.4, 0.5) is 5.82 Å². The van der Waals surface area contributed by atoms with Crippen molar-refractivity contribution in [3.63, 3.8) is 0 Å². The first-order valence-electron chi connectivity index (χ1n) is 11.2. The second-order valence-corrected chi connectivity index (χ2v) is 8.64. The fourth-order valence-electron chi connectivity index (χ4n) is 4.28. The Morgan fingerprint density at radius 1 is 1.12 bits per heavy atom. The van der Waals surface area contributed by atoms with E-state index >= 15 is 0 Å². The SMILES string of the molecule is Cc1nc(N2CCN(C(=O)c3oc4ccccc4c3COC(C)C)CC2)c2cnn(C)c2n1. The van der Waals surface area contributed by atoms with Crippen LogP contribution >= 0.6 is 0 Å². The lowest BCUT2D eigenvalue weighted by atomic mass is 10.1. The molecule has 9 nitrogen and oxygen atoms in total. The van der Waals surface area contributed by atoms with Crippen molar-refractivity contribution >= 4 is 33.7 Å². The lowest BCUT2D eigenvalue weighted by molar-refractivity contribution is 0.0609. The van der Waals surface area contributed by atoms with Crippen LogP contribution in [0.2, 0.25) is 0 Å². The Bertz CT molecular complexity index is 1320. The van der Waals surface area contributed by atoms with Crippen molar-refractivity contribution in [2.75, 3.05) is 31.1 Å². The Kier molecular flexibility index (Phi) is 5.49. The highest BCUT2D eigenvalue weighted by Crippen LogP contribution is 2.29. The zero-order chi connectivity index (χ0) is 23.1. The molecule has 0 aliphatic carbocycles. The van der Waals surface area contributed by atoms with Crippen LogP contribution < -0.4 is 4.90 Å². The van der Waals surface area contributed by atoms with E-state index in [1.54, 1.807) is 10.9 Å². The summed E-state index contributed by atoms with van der Waals surface area (Å²) in [6.45, 7) is 8.69. The maximum absolute atomic E-state index is 13.5. The van der Waals surface area contributed by atoms with Gasteiger partial charge in [0.15, 0.2) is 11.4 Å². The second kappa shape index (κ2) is 8.47. The zero-order valence-corrected chi connectivity index (χ0v) is 19.4. The van der Waals surface area contributed by atoms with Crippen LogP contribution in [0.15, 0.2) is 34.9 Å². The summed E-state index contributed by atoms with van der Waals surface area (Å²) in [4.78, 5) is 26.7. The van der Waals surface area contributed by atoms with Crippen LogP contribution in [-0.4, -0.2) is 62.8 Å². The van der Waals surface area contributed by atoms with Gasteiger partial charge in [-0.05, 0) is 26.8 Å². The van der Waals surface area contributed by atoms with Crippen molar-refractivity contribution in [1.29, 1.82) is 0 Å². The summed E-state index contributed by atoms with van der Waals surface area (Å²) in [7, 11) is 1.88. The quantitative estimate of drug-likeness (QED) is 0.463. The fourth-order valence-corrected chi connectivity index (χ4v) is 4.28. The highest BCUT2D eigenvalue weighted by atomic mass is 16.5. The highest BCUT2D eigenvalue weighted by molar-refractivity contribution is 5.99. The van der Waals surface area contributed by atoms with E-state index < -0.39 is 0 Å². The van der Waals surface area contributed by atoms with Crippen LogP contribution in [0, 0.1) is 6.92 Å². The summed E-state index contributed by atoms with van der Waals surface area (Å²) in [6.07, 6.45) is 1.86. The number of fused-ring (bicyclic) bond motifs is 2. The summed E-state index contributed by atoms with van der Waals surface area (Å²) < 4.78 is 13.6. The molecular weight excluding hydrogens is 420 g/mol. The normalized spacial score (nSPS) is 14.7. The number of nitrogens with zero attached hydrogens (tertiary/aromatic N) is 6. The molecule has 9 heteroatoms. The third-order valence-electron chi connectivity index (χ3n) is 6.00. The highest BCUT2D eigenvalue weighted by Gasteiger charge is 2.29. The van der Waals surface area contributed by atoms with Crippen LogP contribution in [0.3, 0.4) is 0 Å². The summed E-state index contributed by atoms with van der Waals surface area (Å²) in [5.74, 6) is 1.85. The van der Waals surface area contributed by atoms with E-state index in [0.717, 1.165) is 27.8 Å². The number of furan rings is 1. The largest absolute Gasteiger partial charge is 0.451 e. The van der Waals surface area contributed by atoms with Crippen molar-refractivity contribution in [3.05, 3.63) is 47.6 Å². The number of anilines is 1. The molecule has 1 saturated heterocycles. The first-order chi connectivity index (χ1) is 15.9. The van der Waals surface area contributed by atoms with Gasteiger partial charge in [0, 0.05) is 44.2 Å². The van der Waals surface area contributed by atoms with Gasteiger partial charge in [0.2, 0.25) is 0 Å². The predicted molar refractivity (Wildman–Crippen MR) is 125 cm³/mol. The van der Waals surface area contributed by atoms with Crippen molar-refractivity contribution in [2.45, 2.75) is 33.5 Å². The van der Waals surface area contributed by atoms with Crippen molar-refractivity contribution in [1.82, 2.24) is 24.6 Å². The van der Waals surface area contributed by atoms with Crippen molar-refractivity contribution in [2.24, 2.45) is 7.05 Å². The lowest BCUT2D eigenvalue weighted by Crippen LogP contribution is -2.49. The Balaban J connectivity index is 1.38. The Labute approximate surface area is 191 Å². The van der Waals surface area contributed by atoms with E-state index in [4.69, 9.17) is 9.15 Å². The molecular formula is C24H28N6O3. The fraction of sp³-hybridized carbons (Fsp3) is 0.417. The molecule has 5 rings (SSSR count). The molecule has 0 bridgehead atoms. The smallest absolute Gasteiger partial charge is 0.290 e. The molecule has 4 heterocycles. The molecule has 1 aliphatic heterocycles. The average molecular weight is 449 g/mol. The number of amides is 1. The summed E-state index contributed by atoms with van der Waals surface area (Å²) in [6, 6.07) is 7.73. The van der Waals surface area contributed by atoms with Gasteiger partial charge < -0.3 is 19.0 Å². The van der Waals surface area contributed by atoms with Gasteiger partial charge in [-0.3, -0.25) is 9.48 Å². The van der Waals surface area contributed by atoms with Crippen LogP contribution in [0.5, 0.6) is 0 Å². The zero-order valence-electron chi connectivity index (χ0n) is 19.4. The molecule has 4 aromatic rings. The number of carbonyl (C=O) groups excluding carboxylic acids is 1. The van der Waals surface area contributed by atoms with Crippen LogP contribution in [0.25, 0.3) is 22.0 Å². The molecule has 0 unspecified atom stereocenters. The standard InChI is InChI=1S/C24H28N6O3/c1-15(2)32-14-19-17-7-5-6-8-20(17)33-21(19)24(31)30-11-9-29(10-12-30)23-18-13-25-28(4)22(18)26-16(3)27-23/h5-8,13,15H,9-12,14H2,1-4H3. The molecule has 0 atom stereocenters. The topological polar surface area (TPSA) is 89.5 Å². The first kappa shape index (κ1) is 21.4. The van der Waals surface area contributed by atoms with Crippen LogP contribution in [0.1, 0.15) is 35.8 Å². The number of aromatic nitrogens is 4. The number of carbonyl (C=O) groups is 1. The van der Waals surface area contributed by atoms with E-state index in [1.807, 2.05) is 57.0 Å². The van der Waals surface area contributed by atoms with E-state index in [-0.39, 0.29) is 12.0 Å². The monoisotopic (exact) mass is 448 g/mol. The molecule has 0 saturated carbocycles. The number of rotatable bonds is 5. The number of aryl methyl sites for hydroxylation is 2. The van der Waals surface area contributed by atoms with Gasteiger partial charge >= 0.3 is 0 Å². The molecule has 172 valence electrons. The average Bonchev–Trinajstić information content (AvgIpc) is 3.37. The number of piperazine rings is 1. The molecule has 0 N–H and O–H groups in total. The van der Waals surface area contributed by atoms with E-state index in [0.29, 0.717) is 50.0 Å². The maximum atomic E-state index is 13.5. The van der Waals surface area contributed by atoms with Crippen molar-refractivity contribution < 1.29 is 13.9 Å². The van der Waals surface area contributed by atoms with Gasteiger partial charge in [0.1, 0.15) is 17.2 Å². The Hall–Kier alpha value is -3.46. The minimum absolute atomic E-state index is 0.0609. The van der Waals surface area contributed by atoms with Gasteiger partial charge in [0.05, 0.1) is 24.3 Å². The number of ether oxygens (including phenoxy) is 1. The molecule has 1 aromatic carbocycles. The third-order valence-corrected chi connectivity index (χ3v) is 6.00.